The third-order valence-corrected chi connectivity index (χ3v) is 2.63. The fraction of sp³-hybridized carbons (Fsp3) is 0.417. The number of hydrogen-bond acceptors (Lipinski definition) is 3. The molecule has 4 heteroatoms. The van der Waals surface area contributed by atoms with Crippen LogP contribution >= 0.6 is 15.9 Å². The Bertz CT molecular complexity index is 353. The van der Waals surface area contributed by atoms with Gasteiger partial charge in [0, 0.05) is 18.1 Å². The van der Waals surface area contributed by atoms with Crippen LogP contribution in [0.1, 0.15) is 12.0 Å². The van der Waals surface area contributed by atoms with Crippen LogP contribution in [0.5, 0.6) is 11.5 Å². The summed E-state index contributed by atoms with van der Waals surface area (Å²) in [7, 11) is 3.26. The molecule has 1 aromatic carbocycles. The van der Waals surface area contributed by atoms with Crippen LogP contribution in [-0.2, 0) is 0 Å². The summed E-state index contributed by atoms with van der Waals surface area (Å²) < 4.78 is 10.4. The molecule has 3 nitrogen and oxygen atoms in total. The Kier molecular flexibility index (Phi) is 5.93. The second-order valence-electron chi connectivity index (χ2n) is 3.19. The minimum atomic E-state index is 0.729. The van der Waals surface area contributed by atoms with Crippen molar-refractivity contribution in [3.05, 3.63) is 23.8 Å². The van der Waals surface area contributed by atoms with Crippen molar-refractivity contribution in [1.29, 1.82) is 0 Å². The van der Waals surface area contributed by atoms with Crippen molar-refractivity contribution in [1.82, 2.24) is 0 Å². The van der Waals surface area contributed by atoms with Crippen LogP contribution in [0.3, 0.4) is 0 Å². The zero-order valence-electron chi connectivity index (χ0n) is 9.57. The SMILES string of the molecule is COc1ccc(C=NCCCBr)cc1OC. The Hall–Kier alpha value is -1.03. The Morgan fingerprint density at radius 3 is 2.62 bits per heavy atom. The maximum atomic E-state index is 5.21. The number of methoxy groups -OCH3 is 2. The van der Waals surface area contributed by atoms with Crippen molar-refractivity contribution in [2.24, 2.45) is 4.99 Å². The van der Waals surface area contributed by atoms with Gasteiger partial charge in [-0.15, -0.1) is 0 Å². The van der Waals surface area contributed by atoms with Crippen LogP contribution in [0, 0.1) is 0 Å². The van der Waals surface area contributed by atoms with Gasteiger partial charge in [-0.25, -0.2) is 0 Å². The maximum Gasteiger partial charge on any atom is 0.161 e. The largest absolute Gasteiger partial charge is 0.493 e. The Morgan fingerprint density at radius 2 is 2.00 bits per heavy atom. The van der Waals surface area contributed by atoms with Gasteiger partial charge in [-0.1, -0.05) is 15.9 Å². The van der Waals surface area contributed by atoms with Crippen molar-refractivity contribution in [3.8, 4) is 11.5 Å². The normalized spacial score (nSPS) is 10.7. The van der Waals surface area contributed by atoms with E-state index in [0.717, 1.165) is 35.4 Å². The first-order chi connectivity index (χ1) is 7.81. The van der Waals surface area contributed by atoms with Gasteiger partial charge < -0.3 is 9.47 Å². The third-order valence-electron chi connectivity index (χ3n) is 2.07. The molecule has 0 bridgehead atoms. The molecular formula is C12H16BrNO2. The Labute approximate surface area is 105 Å². The molecule has 0 radical (unpaired) electrons. The Morgan fingerprint density at radius 1 is 1.25 bits per heavy atom. The first-order valence-corrected chi connectivity index (χ1v) is 6.21. The zero-order chi connectivity index (χ0) is 11.8. The number of ether oxygens (including phenoxy) is 2. The number of hydrogen-bond donors (Lipinski definition) is 0. The monoisotopic (exact) mass is 285 g/mol. The second-order valence-corrected chi connectivity index (χ2v) is 3.99. The molecule has 0 saturated heterocycles. The second kappa shape index (κ2) is 7.28. The van der Waals surface area contributed by atoms with E-state index in [1.807, 2.05) is 24.4 Å². The van der Waals surface area contributed by atoms with E-state index < -0.39 is 0 Å². The van der Waals surface area contributed by atoms with Crippen LogP contribution < -0.4 is 9.47 Å². The highest BCUT2D eigenvalue weighted by molar-refractivity contribution is 9.09. The molecule has 0 N–H and O–H groups in total. The van der Waals surface area contributed by atoms with Crippen LogP contribution in [0.4, 0.5) is 0 Å². The van der Waals surface area contributed by atoms with E-state index in [1.54, 1.807) is 14.2 Å². The summed E-state index contributed by atoms with van der Waals surface area (Å²) in [5.41, 5.74) is 1.02. The summed E-state index contributed by atoms with van der Waals surface area (Å²) in [4.78, 5) is 4.31. The van der Waals surface area contributed by atoms with E-state index in [-0.39, 0.29) is 0 Å². The quantitative estimate of drug-likeness (QED) is 0.457. The lowest BCUT2D eigenvalue weighted by molar-refractivity contribution is 0.355. The highest BCUT2D eigenvalue weighted by Gasteiger charge is 2.02. The molecule has 0 unspecified atom stereocenters. The number of nitrogens with zero attached hydrogens (tertiary/aromatic N) is 1. The van der Waals surface area contributed by atoms with Gasteiger partial charge in [0.1, 0.15) is 0 Å². The lowest BCUT2D eigenvalue weighted by Gasteiger charge is -2.07. The van der Waals surface area contributed by atoms with E-state index in [1.165, 1.54) is 0 Å². The number of benzene rings is 1. The maximum absolute atomic E-state index is 5.21. The summed E-state index contributed by atoms with van der Waals surface area (Å²) in [6, 6.07) is 5.75. The van der Waals surface area contributed by atoms with Gasteiger partial charge in [0.2, 0.25) is 0 Å². The van der Waals surface area contributed by atoms with E-state index in [9.17, 15) is 0 Å². The predicted molar refractivity (Wildman–Crippen MR) is 70.4 cm³/mol. The molecule has 0 atom stereocenters. The predicted octanol–water partition coefficient (Wildman–Crippen LogP) is 2.91. The molecule has 0 aliphatic rings. The molecule has 88 valence electrons. The smallest absolute Gasteiger partial charge is 0.161 e. The molecule has 0 amide bonds. The van der Waals surface area contributed by atoms with Crippen LogP contribution in [0.15, 0.2) is 23.2 Å². The standard InChI is InChI=1S/C12H16BrNO2/c1-15-11-5-4-10(8-12(11)16-2)9-14-7-3-6-13/h4-5,8-9H,3,6-7H2,1-2H3. The highest BCUT2D eigenvalue weighted by atomic mass is 79.9. The summed E-state index contributed by atoms with van der Waals surface area (Å²) >= 11 is 3.37. The first kappa shape index (κ1) is 13.0. The number of halogens is 1. The molecule has 0 heterocycles. The topological polar surface area (TPSA) is 30.8 Å². The molecule has 0 aliphatic heterocycles. The van der Waals surface area contributed by atoms with Gasteiger partial charge in [-0.3, -0.25) is 4.99 Å². The zero-order valence-corrected chi connectivity index (χ0v) is 11.2. The van der Waals surface area contributed by atoms with Crippen molar-refractivity contribution < 1.29 is 9.47 Å². The minimum Gasteiger partial charge on any atom is -0.493 e. The molecule has 0 aliphatic carbocycles. The average molecular weight is 286 g/mol. The third kappa shape index (κ3) is 3.85. The van der Waals surface area contributed by atoms with Crippen molar-refractivity contribution >= 4 is 22.1 Å². The van der Waals surface area contributed by atoms with Gasteiger partial charge in [0.05, 0.1) is 14.2 Å². The number of alkyl halides is 1. The summed E-state index contributed by atoms with van der Waals surface area (Å²) in [5.74, 6) is 1.46. The van der Waals surface area contributed by atoms with E-state index >= 15 is 0 Å². The molecule has 0 saturated carbocycles. The molecular weight excluding hydrogens is 270 g/mol. The highest BCUT2D eigenvalue weighted by Crippen LogP contribution is 2.26. The first-order valence-electron chi connectivity index (χ1n) is 5.09. The summed E-state index contributed by atoms with van der Waals surface area (Å²) in [5, 5.41) is 0.982. The van der Waals surface area contributed by atoms with Gasteiger partial charge in [-0.2, -0.15) is 0 Å². The van der Waals surface area contributed by atoms with Crippen molar-refractivity contribution in [2.75, 3.05) is 26.1 Å². The molecule has 1 aromatic rings. The lowest BCUT2D eigenvalue weighted by atomic mass is 10.2. The van der Waals surface area contributed by atoms with Crippen LogP contribution in [-0.4, -0.2) is 32.3 Å². The van der Waals surface area contributed by atoms with Crippen LogP contribution in [0.2, 0.25) is 0 Å². The molecule has 0 spiro atoms. The van der Waals surface area contributed by atoms with E-state index in [0.29, 0.717) is 0 Å². The van der Waals surface area contributed by atoms with E-state index in [4.69, 9.17) is 9.47 Å². The van der Waals surface area contributed by atoms with Gasteiger partial charge >= 0.3 is 0 Å². The summed E-state index contributed by atoms with van der Waals surface area (Å²) in [6.45, 7) is 0.833. The molecule has 1 rings (SSSR count). The fourth-order valence-corrected chi connectivity index (χ4v) is 1.50. The summed E-state index contributed by atoms with van der Waals surface area (Å²) in [6.07, 6.45) is 2.90. The molecule has 16 heavy (non-hydrogen) atoms. The van der Waals surface area contributed by atoms with Gasteiger partial charge in [0.15, 0.2) is 11.5 Å². The van der Waals surface area contributed by atoms with Crippen molar-refractivity contribution in [3.63, 3.8) is 0 Å². The van der Waals surface area contributed by atoms with E-state index in [2.05, 4.69) is 20.9 Å². The van der Waals surface area contributed by atoms with Gasteiger partial charge in [-0.05, 0) is 30.2 Å². The van der Waals surface area contributed by atoms with Gasteiger partial charge in [0.25, 0.3) is 0 Å². The molecule has 0 aromatic heterocycles. The molecule has 0 fully saturated rings. The lowest BCUT2D eigenvalue weighted by Crippen LogP contribution is -1.92. The number of aliphatic imine (C=N–C) groups is 1. The number of rotatable bonds is 6. The minimum absolute atomic E-state index is 0.729. The van der Waals surface area contributed by atoms with Crippen molar-refractivity contribution in [2.45, 2.75) is 6.42 Å². The Balaban J connectivity index is 2.71. The van der Waals surface area contributed by atoms with Crippen LogP contribution in [0.25, 0.3) is 0 Å². The average Bonchev–Trinajstić information content (AvgIpc) is 2.34. The fourth-order valence-electron chi connectivity index (χ4n) is 1.25.